The van der Waals surface area contributed by atoms with Crippen molar-refractivity contribution in [1.82, 2.24) is 0 Å². The molecule has 0 unspecified atom stereocenters. The number of rotatable bonds is 4. The highest BCUT2D eigenvalue weighted by Gasteiger charge is 2.10. The van der Waals surface area contributed by atoms with Crippen LogP contribution in [0.3, 0.4) is 0 Å². The van der Waals surface area contributed by atoms with Crippen molar-refractivity contribution in [2.24, 2.45) is 0 Å². The van der Waals surface area contributed by atoms with Gasteiger partial charge < -0.3 is 4.74 Å². The summed E-state index contributed by atoms with van der Waals surface area (Å²) in [5.41, 5.74) is 0.311. The Labute approximate surface area is 90.9 Å². The molecule has 5 heteroatoms. The maximum atomic E-state index is 11.9. The first-order valence-corrected chi connectivity index (χ1v) is 5.39. The Morgan fingerprint density at radius 1 is 1.53 bits per heavy atom. The van der Waals surface area contributed by atoms with Gasteiger partial charge in [-0.05, 0) is 18.4 Å². The molecular formula is C10H9F2NOS. The summed E-state index contributed by atoms with van der Waals surface area (Å²) in [7, 11) is 0. The maximum absolute atomic E-state index is 11.9. The summed E-state index contributed by atoms with van der Waals surface area (Å²) in [5, 5.41) is 8.86. The van der Waals surface area contributed by atoms with Crippen LogP contribution in [0.1, 0.15) is 5.56 Å². The average Bonchev–Trinajstić information content (AvgIpc) is 2.25. The van der Waals surface area contributed by atoms with E-state index in [1.807, 2.05) is 12.3 Å². The van der Waals surface area contributed by atoms with Crippen LogP contribution in [0.25, 0.3) is 0 Å². The van der Waals surface area contributed by atoms with Crippen LogP contribution in [0.15, 0.2) is 23.1 Å². The van der Waals surface area contributed by atoms with Crippen molar-refractivity contribution in [3.8, 4) is 11.8 Å². The molecular weight excluding hydrogens is 220 g/mol. The van der Waals surface area contributed by atoms with Crippen molar-refractivity contribution < 1.29 is 13.5 Å². The Kier molecular flexibility index (Phi) is 4.37. The molecule has 15 heavy (non-hydrogen) atoms. The van der Waals surface area contributed by atoms with Crippen LogP contribution in [0.2, 0.25) is 0 Å². The normalized spacial score (nSPS) is 10.1. The van der Waals surface area contributed by atoms with Gasteiger partial charge in [0.2, 0.25) is 0 Å². The number of ether oxygens (including phenoxy) is 1. The van der Waals surface area contributed by atoms with E-state index in [-0.39, 0.29) is 5.75 Å². The van der Waals surface area contributed by atoms with Gasteiger partial charge in [0.25, 0.3) is 6.43 Å². The molecule has 0 saturated carbocycles. The summed E-state index contributed by atoms with van der Waals surface area (Å²) in [6.07, 6.45) is -0.720. The van der Waals surface area contributed by atoms with E-state index in [2.05, 4.69) is 0 Å². The van der Waals surface area contributed by atoms with E-state index < -0.39 is 13.0 Å². The van der Waals surface area contributed by atoms with Crippen molar-refractivity contribution >= 4 is 11.8 Å². The fraction of sp³-hybridized carbons (Fsp3) is 0.300. The molecule has 0 amide bonds. The van der Waals surface area contributed by atoms with E-state index in [9.17, 15) is 8.78 Å². The molecule has 0 heterocycles. The molecule has 0 bridgehead atoms. The van der Waals surface area contributed by atoms with Gasteiger partial charge in [-0.1, -0.05) is 6.07 Å². The highest BCUT2D eigenvalue weighted by atomic mass is 32.2. The Balaban J connectivity index is 2.92. The van der Waals surface area contributed by atoms with Gasteiger partial charge in [-0.25, -0.2) is 8.78 Å². The Hall–Kier alpha value is -1.28. The van der Waals surface area contributed by atoms with Crippen LogP contribution in [-0.2, 0) is 0 Å². The van der Waals surface area contributed by atoms with Crippen molar-refractivity contribution in [3.63, 3.8) is 0 Å². The molecule has 0 aliphatic carbocycles. The first-order chi connectivity index (χ1) is 7.19. The molecule has 0 spiro atoms. The quantitative estimate of drug-likeness (QED) is 0.744. The van der Waals surface area contributed by atoms with Crippen molar-refractivity contribution in [1.29, 1.82) is 5.26 Å². The summed E-state index contributed by atoms with van der Waals surface area (Å²) < 4.78 is 28.7. The largest absolute Gasteiger partial charge is 0.486 e. The first-order valence-electron chi connectivity index (χ1n) is 4.17. The number of nitrogens with zero attached hydrogens (tertiary/aromatic N) is 1. The van der Waals surface area contributed by atoms with Crippen molar-refractivity contribution in [3.05, 3.63) is 23.8 Å². The summed E-state index contributed by atoms with van der Waals surface area (Å²) in [6.45, 7) is -0.688. The zero-order chi connectivity index (χ0) is 11.3. The van der Waals surface area contributed by atoms with E-state index in [1.165, 1.54) is 17.8 Å². The number of alkyl halides is 2. The van der Waals surface area contributed by atoms with Gasteiger partial charge in [0.05, 0.1) is 0 Å². The van der Waals surface area contributed by atoms with Gasteiger partial charge in [0, 0.05) is 4.90 Å². The molecule has 0 aromatic heterocycles. The minimum atomic E-state index is -2.53. The SMILES string of the molecule is CSc1cccc(OCC(F)F)c1C#N. The molecule has 0 aliphatic heterocycles. The van der Waals surface area contributed by atoms with Gasteiger partial charge in [0.1, 0.15) is 24.0 Å². The second kappa shape index (κ2) is 5.56. The predicted octanol–water partition coefficient (Wildman–Crippen LogP) is 2.92. The van der Waals surface area contributed by atoms with E-state index in [0.29, 0.717) is 5.56 Å². The van der Waals surface area contributed by atoms with E-state index in [4.69, 9.17) is 10.00 Å². The lowest BCUT2D eigenvalue weighted by Crippen LogP contribution is -2.08. The fourth-order valence-electron chi connectivity index (χ4n) is 1.06. The van der Waals surface area contributed by atoms with E-state index >= 15 is 0 Å². The standard InChI is InChI=1S/C10H9F2NOS/c1-15-9-4-2-3-8(7(9)5-13)14-6-10(11)12/h2-4,10H,6H2,1H3. The molecule has 1 aromatic rings. The lowest BCUT2D eigenvalue weighted by atomic mass is 10.2. The van der Waals surface area contributed by atoms with E-state index in [0.717, 1.165) is 4.90 Å². The van der Waals surface area contributed by atoms with E-state index in [1.54, 1.807) is 12.1 Å². The Morgan fingerprint density at radius 2 is 2.27 bits per heavy atom. The van der Waals surface area contributed by atoms with Gasteiger partial charge in [-0.3, -0.25) is 0 Å². The molecule has 0 saturated heterocycles. The third kappa shape index (κ3) is 3.10. The van der Waals surface area contributed by atoms with Crippen LogP contribution >= 0.6 is 11.8 Å². The van der Waals surface area contributed by atoms with Crippen LogP contribution in [0, 0.1) is 11.3 Å². The molecule has 0 atom stereocenters. The molecule has 0 N–H and O–H groups in total. The summed E-state index contributed by atoms with van der Waals surface area (Å²) in [5.74, 6) is 0.213. The third-order valence-electron chi connectivity index (χ3n) is 1.68. The molecule has 80 valence electrons. The number of halogens is 2. The highest BCUT2D eigenvalue weighted by molar-refractivity contribution is 7.98. The minimum Gasteiger partial charge on any atom is -0.486 e. The second-order valence-corrected chi connectivity index (χ2v) is 3.50. The van der Waals surface area contributed by atoms with Gasteiger partial charge in [0.15, 0.2) is 0 Å². The third-order valence-corrected chi connectivity index (χ3v) is 2.46. The highest BCUT2D eigenvalue weighted by Crippen LogP contribution is 2.28. The topological polar surface area (TPSA) is 33.0 Å². The summed E-state index contributed by atoms with van der Waals surface area (Å²) >= 11 is 1.38. The Bertz CT molecular complexity index is 376. The molecule has 1 aromatic carbocycles. The van der Waals surface area contributed by atoms with Crippen LogP contribution in [-0.4, -0.2) is 19.3 Å². The zero-order valence-electron chi connectivity index (χ0n) is 8.04. The summed E-state index contributed by atoms with van der Waals surface area (Å²) in [4.78, 5) is 0.726. The molecule has 0 radical (unpaired) electrons. The van der Waals surface area contributed by atoms with Crippen LogP contribution < -0.4 is 4.74 Å². The fourth-order valence-corrected chi connectivity index (χ4v) is 1.63. The molecule has 2 nitrogen and oxygen atoms in total. The van der Waals surface area contributed by atoms with Crippen molar-refractivity contribution in [2.45, 2.75) is 11.3 Å². The number of nitriles is 1. The average molecular weight is 229 g/mol. The monoisotopic (exact) mass is 229 g/mol. The maximum Gasteiger partial charge on any atom is 0.272 e. The predicted molar refractivity (Wildman–Crippen MR) is 54.4 cm³/mol. The zero-order valence-corrected chi connectivity index (χ0v) is 8.85. The molecule has 0 aliphatic rings. The second-order valence-electron chi connectivity index (χ2n) is 2.65. The smallest absolute Gasteiger partial charge is 0.272 e. The number of hydrogen-bond acceptors (Lipinski definition) is 3. The van der Waals surface area contributed by atoms with Gasteiger partial charge in [-0.15, -0.1) is 11.8 Å². The van der Waals surface area contributed by atoms with Gasteiger partial charge >= 0.3 is 0 Å². The minimum absolute atomic E-state index is 0.213. The number of thioether (sulfide) groups is 1. The van der Waals surface area contributed by atoms with Crippen LogP contribution in [0.5, 0.6) is 5.75 Å². The van der Waals surface area contributed by atoms with Crippen molar-refractivity contribution in [2.75, 3.05) is 12.9 Å². The lowest BCUT2D eigenvalue weighted by Gasteiger charge is -2.09. The Morgan fingerprint density at radius 3 is 2.80 bits per heavy atom. The number of hydrogen-bond donors (Lipinski definition) is 0. The lowest BCUT2D eigenvalue weighted by molar-refractivity contribution is 0.0816. The van der Waals surface area contributed by atoms with Crippen LogP contribution in [0.4, 0.5) is 8.78 Å². The first kappa shape index (κ1) is 11.8. The van der Waals surface area contributed by atoms with Gasteiger partial charge in [-0.2, -0.15) is 5.26 Å². The molecule has 0 fully saturated rings. The molecule has 1 rings (SSSR count). The summed E-state index contributed by atoms with van der Waals surface area (Å²) in [6, 6.07) is 6.89. The number of benzene rings is 1.